The van der Waals surface area contributed by atoms with Crippen molar-refractivity contribution in [2.45, 2.75) is 13.1 Å². The maximum atomic E-state index is 12.6. The zero-order chi connectivity index (χ0) is 9.14. The largest absolute Gasteiger partial charge is 0.268 e. The zero-order valence-corrected chi connectivity index (χ0v) is 5.90. The summed E-state index contributed by atoms with van der Waals surface area (Å²) >= 11 is 0. The van der Waals surface area contributed by atoms with Gasteiger partial charge in [-0.15, -0.1) is 0 Å². The zero-order valence-electron chi connectivity index (χ0n) is 5.90. The molecule has 0 fully saturated rings. The fraction of sp³-hybridized carbons (Fsp3) is 0.286. The number of rotatable bonds is 2. The summed E-state index contributed by atoms with van der Waals surface area (Å²) < 4.78 is 48.2. The fourth-order valence-corrected chi connectivity index (χ4v) is 0.715. The Balaban J connectivity index is 3.03. The van der Waals surface area contributed by atoms with Crippen LogP contribution in [0.2, 0.25) is 0 Å². The van der Waals surface area contributed by atoms with Crippen LogP contribution in [0.3, 0.4) is 0 Å². The van der Waals surface area contributed by atoms with Crippen LogP contribution in [-0.2, 0) is 6.67 Å². The molecule has 0 amide bonds. The first-order chi connectivity index (χ1) is 5.65. The van der Waals surface area contributed by atoms with Gasteiger partial charge in [-0.05, 0) is 6.07 Å². The molecule has 12 heavy (non-hydrogen) atoms. The quantitative estimate of drug-likeness (QED) is 0.636. The molecule has 0 radical (unpaired) electrons. The molecule has 1 nitrogen and oxygen atoms in total. The van der Waals surface area contributed by atoms with E-state index in [-0.39, 0.29) is 5.69 Å². The molecule has 1 heterocycles. The summed E-state index contributed by atoms with van der Waals surface area (Å²) in [4.78, 5) is 3.28. The van der Waals surface area contributed by atoms with Crippen molar-refractivity contribution < 1.29 is 17.6 Å². The SMILES string of the molecule is FCc1cc(F)c(C(F)F)cn1. The molecular weight excluding hydrogens is 174 g/mol. The third-order valence-electron chi connectivity index (χ3n) is 1.31. The van der Waals surface area contributed by atoms with Gasteiger partial charge in [-0.25, -0.2) is 17.6 Å². The van der Waals surface area contributed by atoms with Crippen molar-refractivity contribution in [2.75, 3.05) is 0 Å². The minimum absolute atomic E-state index is 0.183. The summed E-state index contributed by atoms with van der Waals surface area (Å²) in [6.45, 7) is -0.958. The van der Waals surface area contributed by atoms with Crippen molar-refractivity contribution in [2.24, 2.45) is 0 Å². The van der Waals surface area contributed by atoms with E-state index in [0.29, 0.717) is 12.3 Å². The van der Waals surface area contributed by atoms with E-state index in [1.54, 1.807) is 0 Å². The molecule has 66 valence electrons. The summed E-state index contributed by atoms with van der Waals surface area (Å²) in [5.41, 5.74) is -0.982. The Morgan fingerprint density at radius 1 is 1.42 bits per heavy atom. The summed E-state index contributed by atoms with van der Waals surface area (Å²) in [6.07, 6.45) is -2.26. The first kappa shape index (κ1) is 8.96. The molecule has 0 atom stereocenters. The summed E-state index contributed by atoms with van der Waals surface area (Å²) in [5.74, 6) is -1.12. The fourth-order valence-electron chi connectivity index (χ4n) is 0.715. The number of pyridine rings is 1. The van der Waals surface area contributed by atoms with Gasteiger partial charge >= 0.3 is 0 Å². The van der Waals surface area contributed by atoms with Gasteiger partial charge in [-0.1, -0.05) is 0 Å². The van der Waals surface area contributed by atoms with Crippen molar-refractivity contribution in [3.8, 4) is 0 Å². The minimum atomic E-state index is -2.91. The first-order valence-corrected chi connectivity index (χ1v) is 3.13. The van der Waals surface area contributed by atoms with Gasteiger partial charge in [0.05, 0.1) is 11.3 Å². The highest BCUT2D eigenvalue weighted by atomic mass is 19.3. The highest BCUT2D eigenvalue weighted by molar-refractivity contribution is 5.17. The molecule has 1 aromatic rings. The van der Waals surface area contributed by atoms with E-state index in [1.807, 2.05) is 0 Å². The van der Waals surface area contributed by atoms with E-state index < -0.39 is 24.5 Å². The van der Waals surface area contributed by atoms with Crippen LogP contribution in [0.25, 0.3) is 0 Å². The van der Waals surface area contributed by atoms with Gasteiger partial charge in [0.1, 0.15) is 12.5 Å². The predicted molar refractivity (Wildman–Crippen MR) is 34.0 cm³/mol. The Morgan fingerprint density at radius 2 is 2.08 bits per heavy atom. The van der Waals surface area contributed by atoms with E-state index in [4.69, 9.17) is 0 Å². The van der Waals surface area contributed by atoms with E-state index in [9.17, 15) is 17.6 Å². The molecule has 0 unspecified atom stereocenters. The van der Waals surface area contributed by atoms with Crippen molar-refractivity contribution in [3.63, 3.8) is 0 Å². The normalized spacial score (nSPS) is 10.8. The Morgan fingerprint density at radius 3 is 2.50 bits per heavy atom. The van der Waals surface area contributed by atoms with Gasteiger partial charge in [0.15, 0.2) is 0 Å². The lowest BCUT2D eigenvalue weighted by Crippen LogP contribution is -1.95. The molecule has 0 N–H and O–H groups in total. The maximum Gasteiger partial charge on any atom is 0.268 e. The number of hydrogen-bond acceptors (Lipinski definition) is 1. The molecule has 1 aromatic heterocycles. The topological polar surface area (TPSA) is 12.9 Å². The number of alkyl halides is 3. The lowest BCUT2D eigenvalue weighted by molar-refractivity contribution is 0.145. The summed E-state index contributed by atoms with van der Waals surface area (Å²) in [6, 6.07) is 0.668. The molecule has 0 saturated carbocycles. The number of nitrogens with zero attached hydrogens (tertiary/aromatic N) is 1. The maximum absolute atomic E-state index is 12.6. The van der Waals surface area contributed by atoms with Crippen LogP contribution in [0.4, 0.5) is 17.6 Å². The average molecular weight is 179 g/mol. The Labute approximate surface area is 66.0 Å². The monoisotopic (exact) mass is 179 g/mol. The van der Waals surface area contributed by atoms with Gasteiger partial charge in [-0.2, -0.15) is 0 Å². The molecule has 0 aliphatic carbocycles. The van der Waals surface area contributed by atoms with E-state index in [0.717, 1.165) is 0 Å². The van der Waals surface area contributed by atoms with Gasteiger partial charge < -0.3 is 0 Å². The first-order valence-electron chi connectivity index (χ1n) is 3.13. The van der Waals surface area contributed by atoms with Crippen molar-refractivity contribution >= 4 is 0 Å². The molecule has 0 aromatic carbocycles. The molecule has 0 aliphatic heterocycles. The van der Waals surface area contributed by atoms with Crippen molar-refractivity contribution in [3.05, 3.63) is 29.3 Å². The molecule has 0 aliphatic rings. The van der Waals surface area contributed by atoms with Crippen LogP contribution in [0, 0.1) is 5.82 Å². The van der Waals surface area contributed by atoms with Crippen LogP contribution >= 0.6 is 0 Å². The van der Waals surface area contributed by atoms with Gasteiger partial charge in [0, 0.05) is 6.20 Å². The van der Waals surface area contributed by atoms with Crippen molar-refractivity contribution in [1.29, 1.82) is 0 Å². The molecule has 5 heteroatoms. The average Bonchev–Trinajstić information content (AvgIpc) is 2.03. The third kappa shape index (κ3) is 1.72. The number of aromatic nitrogens is 1. The molecule has 0 spiro atoms. The molecule has 0 saturated heterocycles. The Hall–Kier alpha value is -1.13. The van der Waals surface area contributed by atoms with E-state index in [2.05, 4.69) is 4.98 Å². The third-order valence-corrected chi connectivity index (χ3v) is 1.31. The lowest BCUT2D eigenvalue weighted by Gasteiger charge is -2.01. The summed E-state index contributed by atoms with van der Waals surface area (Å²) in [5, 5.41) is 0. The molecular formula is C7H5F4N. The van der Waals surface area contributed by atoms with E-state index >= 15 is 0 Å². The smallest absolute Gasteiger partial charge is 0.258 e. The minimum Gasteiger partial charge on any atom is -0.258 e. The van der Waals surface area contributed by atoms with Crippen LogP contribution < -0.4 is 0 Å². The van der Waals surface area contributed by atoms with Crippen LogP contribution in [0.5, 0.6) is 0 Å². The van der Waals surface area contributed by atoms with Gasteiger partial charge in [-0.3, -0.25) is 4.98 Å². The molecule has 0 bridgehead atoms. The van der Waals surface area contributed by atoms with Crippen LogP contribution in [0.15, 0.2) is 12.3 Å². The van der Waals surface area contributed by atoms with Crippen LogP contribution in [0.1, 0.15) is 17.7 Å². The molecule has 1 rings (SSSR count). The van der Waals surface area contributed by atoms with E-state index in [1.165, 1.54) is 0 Å². The predicted octanol–water partition coefficient (Wildman–Crippen LogP) is 2.63. The number of halogens is 4. The second-order valence-corrected chi connectivity index (χ2v) is 2.13. The second-order valence-electron chi connectivity index (χ2n) is 2.13. The standard InChI is InChI=1S/C7H5F4N/c8-2-4-1-6(9)5(3-12-4)7(10)11/h1,3,7H,2H2. The lowest BCUT2D eigenvalue weighted by atomic mass is 10.2. The second kappa shape index (κ2) is 3.51. The van der Waals surface area contributed by atoms with Gasteiger partial charge in [0.2, 0.25) is 0 Å². The highest BCUT2D eigenvalue weighted by Gasteiger charge is 2.13. The van der Waals surface area contributed by atoms with Crippen LogP contribution in [-0.4, -0.2) is 4.98 Å². The van der Waals surface area contributed by atoms with Crippen molar-refractivity contribution in [1.82, 2.24) is 4.98 Å². The number of hydrogen-bond donors (Lipinski definition) is 0. The van der Waals surface area contributed by atoms with Gasteiger partial charge in [0.25, 0.3) is 6.43 Å². The summed E-state index contributed by atoms with van der Waals surface area (Å²) in [7, 11) is 0. The Bertz CT molecular complexity index is 274. The Kier molecular flexibility index (Phi) is 2.62. The highest BCUT2D eigenvalue weighted by Crippen LogP contribution is 2.21.